The minimum absolute atomic E-state index is 0.0388. The molecule has 252 valence electrons. The lowest BCUT2D eigenvalue weighted by Gasteiger charge is -2.07. The van der Waals surface area contributed by atoms with Gasteiger partial charge in [-0.05, 0) is 48.9 Å². The van der Waals surface area contributed by atoms with Crippen molar-refractivity contribution in [2.24, 2.45) is 0 Å². The standard InChI is InChI=1S/C37H36N4O5S3/c1-23-4-8-25(9-5-23)19-40-36-27-12-15-47-33(27)16-28(36)31(38-40)21-45-13-3-14-46-22-32-29-17-34-30(18-35(48-34)49(42,43)44)37(29)41(39-32)20-26-10-6-24(2)7-11-26/h4-12,15,18H,3,13-14,16-17,19-22H2,1-2H3,(H,42,43,44). The van der Waals surface area contributed by atoms with E-state index in [1.807, 2.05) is 4.68 Å². The minimum atomic E-state index is -4.27. The first-order chi connectivity index (χ1) is 23.7. The molecule has 2 aromatic carbocycles. The molecular weight excluding hydrogens is 677 g/mol. The molecule has 2 aliphatic carbocycles. The molecule has 12 heteroatoms. The van der Waals surface area contributed by atoms with Gasteiger partial charge < -0.3 is 9.47 Å². The third-order valence-corrected chi connectivity index (χ3v) is 12.6. The number of rotatable bonds is 13. The van der Waals surface area contributed by atoms with Crippen LogP contribution in [0.25, 0.3) is 22.5 Å². The Kier molecular flexibility index (Phi) is 8.63. The third kappa shape index (κ3) is 6.44. The summed E-state index contributed by atoms with van der Waals surface area (Å²) in [6, 6.07) is 20.7. The van der Waals surface area contributed by atoms with Gasteiger partial charge in [-0.15, -0.1) is 22.7 Å². The zero-order chi connectivity index (χ0) is 33.7. The van der Waals surface area contributed by atoms with Crippen molar-refractivity contribution in [2.75, 3.05) is 13.2 Å². The van der Waals surface area contributed by atoms with Crippen LogP contribution in [0.2, 0.25) is 0 Å². The van der Waals surface area contributed by atoms with Crippen LogP contribution in [0.1, 0.15) is 60.9 Å². The van der Waals surface area contributed by atoms with E-state index >= 15 is 0 Å². The number of thiophene rings is 2. The summed E-state index contributed by atoms with van der Waals surface area (Å²) in [5.74, 6) is 0. The third-order valence-electron chi connectivity index (χ3n) is 9.20. The Balaban J connectivity index is 0.900. The summed E-state index contributed by atoms with van der Waals surface area (Å²) in [5.41, 5.74) is 13.2. The van der Waals surface area contributed by atoms with E-state index in [-0.39, 0.29) is 4.21 Å². The highest BCUT2D eigenvalue weighted by atomic mass is 32.3. The van der Waals surface area contributed by atoms with E-state index in [4.69, 9.17) is 19.7 Å². The molecule has 0 unspecified atom stereocenters. The Morgan fingerprint density at radius 2 is 1.29 bits per heavy atom. The molecule has 2 aliphatic rings. The summed E-state index contributed by atoms with van der Waals surface area (Å²) in [6.45, 7) is 7.31. The zero-order valence-corrected chi connectivity index (χ0v) is 29.8. The average Bonchev–Trinajstić information content (AvgIpc) is 3.89. The summed E-state index contributed by atoms with van der Waals surface area (Å²) in [4.78, 5) is 2.30. The molecule has 0 radical (unpaired) electrons. The number of benzene rings is 2. The highest BCUT2D eigenvalue weighted by Gasteiger charge is 2.32. The summed E-state index contributed by atoms with van der Waals surface area (Å²) >= 11 is 2.92. The maximum absolute atomic E-state index is 11.9. The topological polar surface area (TPSA) is 108 Å². The maximum atomic E-state index is 11.9. The van der Waals surface area contributed by atoms with Gasteiger partial charge in [0.2, 0.25) is 0 Å². The quantitative estimate of drug-likeness (QED) is 0.0979. The first kappa shape index (κ1) is 32.3. The molecular formula is C37H36N4O5S3. The van der Waals surface area contributed by atoms with E-state index in [0.717, 1.165) is 69.4 Å². The van der Waals surface area contributed by atoms with E-state index in [1.54, 1.807) is 17.4 Å². The second-order valence-corrected chi connectivity index (χ2v) is 16.6. The predicted molar refractivity (Wildman–Crippen MR) is 191 cm³/mol. The Morgan fingerprint density at radius 3 is 1.84 bits per heavy atom. The van der Waals surface area contributed by atoms with E-state index in [0.29, 0.717) is 39.4 Å². The van der Waals surface area contributed by atoms with Gasteiger partial charge in [0.05, 0.1) is 49.1 Å². The average molecular weight is 713 g/mol. The van der Waals surface area contributed by atoms with Gasteiger partial charge in [0.15, 0.2) is 0 Å². The minimum Gasteiger partial charge on any atom is -0.375 e. The van der Waals surface area contributed by atoms with Crippen LogP contribution < -0.4 is 0 Å². The molecule has 4 heterocycles. The van der Waals surface area contributed by atoms with Crippen LogP contribution in [-0.4, -0.2) is 45.7 Å². The van der Waals surface area contributed by atoms with Gasteiger partial charge in [0, 0.05) is 58.1 Å². The van der Waals surface area contributed by atoms with Gasteiger partial charge in [-0.25, -0.2) is 0 Å². The zero-order valence-electron chi connectivity index (χ0n) is 27.3. The SMILES string of the molecule is Cc1ccc(Cn2nc(COCCCOCc3nn(Cc4ccc(C)cc4)c4c3Cc3sc(S(=O)(=O)O)cc3-4)c3c2-c2ccsc2C3)cc1. The Bertz CT molecular complexity index is 2260. The number of aryl methyl sites for hydroxylation is 2. The van der Waals surface area contributed by atoms with Gasteiger partial charge in [-0.2, -0.15) is 18.6 Å². The van der Waals surface area contributed by atoms with Crippen LogP contribution in [0.3, 0.4) is 0 Å². The molecule has 1 N–H and O–H groups in total. The second kappa shape index (κ2) is 13.1. The van der Waals surface area contributed by atoms with Crippen LogP contribution in [0.15, 0.2) is 70.3 Å². The predicted octanol–water partition coefficient (Wildman–Crippen LogP) is 7.43. The molecule has 4 aromatic heterocycles. The first-order valence-electron chi connectivity index (χ1n) is 16.3. The number of hydrogen-bond donors (Lipinski definition) is 1. The van der Waals surface area contributed by atoms with Crippen molar-refractivity contribution in [1.29, 1.82) is 0 Å². The fraction of sp³-hybridized carbons (Fsp3) is 0.297. The number of ether oxygens (including phenoxy) is 2. The van der Waals surface area contributed by atoms with Gasteiger partial charge >= 0.3 is 10.1 Å². The van der Waals surface area contributed by atoms with E-state index in [2.05, 4.69) is 78.5 Å². The molecule has 0 aliphatic heterocycles. The monoisotopic (exact) mass is 712 g/mol. The normalized spacial score (nSPS) is 13.1. The smallest absolute Gasteiger partial charge is 0.304 e. The van der Waals surface area contributed by atoms with Crippen molar-refractivity contribution in [1.82, 2.24) is 19.6 Å². The first-order valence-corrected chi connectivity index (χ1v) is 19.5. The summed E-state index contributed by atoms with van der Waals surface area (Å²) in [7, 11) is -4.27. The summed E-state index contributed by atoms with van der Waals surface area (Å²) in [6.07, 6.45) is 2.20. The largest absolute Gasteiger partial charge is 0.375 e. The van der Waals surface area contributed by atoms with Crippen LogP contribution in [0, 0.1) is 13.8 Å². The van der Waals surface area contributed by atoms with E-state index in [1.165, 1.54) is 38.4 Å². The molecule has 49 heavy (non-hydrogen) atoms. The van der Waals surface area contributed by atoms with Crippen LogP contribution in [0.5, 0.6) is 0 Å². The van der Waals surface area contributed by atoms with Gasteiger partial charge in [-0.3, -0.25) is 13.9 Å². The van der Waals surface area contributed by atoms with Gasteiger partial charge in [0.25, 0.3) is 0 Å². The van der Waals surface area contributed by atoms with E-state index in [9.17, 15) is 13.0 Å². The Morgan fingerprint density at radius 1 is 0.755 bits per heavy atom. The number of hydrogen-bond acceptors (Lipinski definition) is 8. The summed E-state index contributed by atoms with van der Waals surface area (Å²) in [5, 5.41) is 12.1. The number of fused-ring (bicyclic) bond motifs is 6. The molecule has 0 amide bonds. The molecule has 9 nitrogen and oxygen atoms in total. The maximum Gasteiger partial charge on any atom is 0.304 e. The van der Waals surface area contributed by atoms with Crippen molar-refractivity contribution in [2.45, 2.75) is 63.6 Å². The van der Waals surface area contributed by atoms with Crippen LogP contribution in [0.4, 0.5) is 0 Å². The lowest BCUT2D eigenvalue weighted by atomic mass is 10.1. The van der Waals surface area contributed by atoms with E-state index < -0.39 is 10.1 Å². The fourth-order valence-corrected chi connectivity index (χ4v) is 9.52. The molecule has 0 saturated carbocycles. The van der Waals surface area contributed by atoms with Gasteiger partial charge in [0.1, 0.15) is 4.21 Å². The molecule has 6 aromatic rings. The summed E-state index contributed by atoms with van der Waals surface area (Å²) < 4.78 is 49.7. The molecule has 0 bridgehead atoms. The molecule has 0 spiro atoms. The van der Waals surface area contributed by atoms with Crippen molar-refractivity contribution in [3.8, 4) is 22.5 Å². The second-order valence-electron chi connectivity index (χ2n) is 12.8. The number of nitrogens with zero attached hydrogens (tertiary/aromatic N) is 4. The Labute approximate surface area is 293 Å². The van der Waals surface area contributed by atoms with Crippen molar-refractivity contribution in [3.63, 3.8) is 0 Å². The molecule has 0 atom stereocenters. The highest BCUT2D eigenvalue weighted by Crippen LogP contribution is 2.45. The van der Waals surface area contributed by atoms with Crippen molar-refractivity contribution < 1.29 is 22.4 Å². The van der Waals surface area contributed by atoms with Crippen molar-refractivity contribution in [3.05, 3.63) is 121 Å². The molecule has 0 fully saturated rings. The van der Waals surface area contributed by atoms with Gasteiger partial charge in [-0.1, -0.05) is 59.7 Å². The lowest BCUT2D eigenvalue weighted by Crippen LogP contribution is -2.06. The van der Waals surface area contributed by atoms with Crippen LogP contribution >= 0.6 is 22.7 Å². The lowest BCUT2D eigenvalue weighted by molar-refractivity contribution is 0.0667. The number of aromatic nitrogens is 4. The highest BCUT2D eigenvalue weighted by molar-refractivity contribution is 7.88. The Hall–Kier alpha value is -3.91. The van der Waals surface area contributed by atoms with Crippen LogP contribution in [-0.2, 0) is 58.7 Å². The molecule has 8 rings (SSSR count). The fourth-order valence-electron chi connectivity index (χ4n) is 6.74. The molecule has 0 saturated heterocycles. The van der Waals surface area contributed by atoms with Crippen molar-refractivity contribution >= 4 is 32.8 Å².